The molecule has 1 aromatic carbocycles. The largest absolute Gasteiger partial charge is 0.382 e. The standard InChI is InChI=1S/C18H27NO/c1-17(2)14-9-10-18(17,3)16(11-14)19-12-15(20)13-7-5-4-6-8-13/h4-8,14-16,19-20H,9-12H2,1-3H3/p+1/t14-,15+,16-,18-/m0/s1. The third-order valence-electron chi connectivity index (χ3n) is 6.69. The van der Waals surface area contributed by atoms with Gasteiger partial charge >= 0.3 is 0 Å². The molecule has 2 saturated carbocycles. The lowest BCUT2D eigenvalue weighted by Crippen LogP contribution is -2.93. The van der Waals surface area contributed by atoms with Gasteiger partial charge in [0.2, 0.25) is 0 Å². The Morgan fingerprint density at radius 3 is 2.50 bits per heavy atom. The zero-order valence-corrected chi connectivity index (χ0v) is 13.0. The van der Waals surface area contributed by atoms with Crippen LogP contribution in [0.3, 0.4) is 0 Å². The zero-order valence-electron chi connectivity index (χ0n) is 13.0. The van der Waals surface area contributed by atoms with Crippen LogP contribution in [0.2, 0.25) is 0 Å². The van der Waals surface area contributed by atoms with Gasteiger partial charge in [0.05, 0.1) is 6.04 Å². The number of hydrogen-bond donors (Lipinski definition) is 2. The van der Waals surface area contributed by atoms with Crippen LogP contribution in [0.4, 0.5) is 0 Å². The minimum atomic E-state index is -0.345. The van der Waals surface area contributed by atoms with Crippen LogP contribution in [0, 0.1) is 16.7 Å². The Labute approximate surface area is 122 Å². The molecule has 0 aliphatic heterocycles. The summed E-state index contributed by atoms with van der Waals surface area (Å²) < 4.78 is 0. The van der Waals surface area contributed by atoms with Gasteiger partial charge < -0.3 is 10.4 Å². The number of hydrogen-bond acceptors (Lipinski definition) is 1. The Kier molecular flexibility index (Phi) is 3.42. The van der Waals surface area contributed by atoms with Gasteiger partial charge in [-0.05, 0) is 29.7 Å². The number of quaternary nitrogens is 1. The summed E-state index contributed by atoms with van der Waals surface area (Å²) in [5.74, 6) is 0.877. The molecule has 0 radical (unpaired) electrons. The van der Waals surface area contributed by atoms with Crippen molar-refractivity contribution in [3.8, 4) is 0 Å². The van der Waals surface area contributed by atoms with Crippen LogP contribution >= 0.6 is 0 Å². The van der Waals surface area contributed by atoms with E-state index in [1.807, 2.05) is 30.3 Å². The van der Waals surface area contributed by atoms with E-state index in [9.17, 15) is 5.11 Å². The van der Waals surface area contributed by atoms with Crippen LogP contribution < -0.4 is 5.32 Å². The van der Waals surface area contributed by atoms with Gasteiger partial charge in [0.25, 0.3) is 0 Å². The lowest BCUT2D eigenvalue weighted by Gasteiger charge is -2.37. The summed E-state index contributed by atoms with van der Waals surface area (Å²) in [5, 5.41) is 12.7. The molecule has 3 N–H and O–H groups in total. The minimum Gasteiger partial charge on any atom is -0.382 e. The van der Waals surface area contributed by atoms with Crippen molar-refractivity contribution >= 4 is 0 Å². The van der Waals surface area contributed by atoms with Gasteiger partial charge in [-0.25, -0.2) is 0 Å². The van der Waals surface area contributed by atoms with E-state index in [4.69, 9.17) is 0 Å². The lowest BCUT2D eigenvalue weighted by atomic mass is 9.69. The summed E-state index contributed by atoms with van der Waals surface area (Å²) in [4.78, 5) is 0. The molecule has 2 fully saturated rings. The highest BCUT2D eigenvalue weighted by atomic mass is 16.3. The van der Waals surface area contributed by atoms with E-state index in [0.29, 0.717) is 16.9 Å². The fourth-order valence-electron chi connectivity index (χ4n) is 4.73. The van der Waals surface area contributed by atoms with Gasteiger partial charge in [0, 0.05) is 11.8 Å². The first-order valence-corrected chi connectivity index (χ1v) is 8.01. The molecule has 0 unspecified atom stereocenters. The van der Waals surface area contributed by atoms with Crippen LogP contribution in [0.1, 0.15) is 51.7 Å². The normalized spacial score (nSPS) is 36.2. The van der Waals surface area contributed by atoms with Crippen LogP contribution in [-0.4, -0.2) is 17.7 Å². The molecule has 2 aliphatic rings. The predicted octanol–water partition coefficient (Wildman–Crippen LogP) is 2.50. The molecule has 3 rings (SSSR count). The average molecular weight is 274 g/mol. The van der Waals surface area contributed by atoms with Crippen molar-refractivity contribution in [2.75, 3.05) is 6.54 Å². The number of aliphatic hydroxyl groups excluding tert-OH is 1. The summed E-state index contributed by atoms with van der Waals surface area (Å²) in [6.45, 7) is 8.15. The topological polar surface area (TPSA) is 36.8 Å². The summed E-state index contributed by atoms with van der Waals surface area (Å²) >= 11 is 0. The summed E-state index contributed by atoms with van der Waals surface area (Å²) in [5.41, 5.74) is 1.94. The Balaban J connectivity index is 1.63. The molecule has 0 amide bonds. The third kappa shape index (κ3) is 2.01. The summed E-state index contributed by atoms with van der Waals surface area (Å²) in [7, 11) is 0. The van der Waals surface area contributed by atoms with Crippen molar-refractivity contribution in [1.29, 1.82) is 0 Å². The maximum atomic E-state index is 10.3. The summed E-state index contributed by atoms with van der Waals surface area (Å²) in [6, 6.07) is 10.7. The first-order valence-electron chi connectivity index (χ1n) is 8.01. The van der Waals surface area contributed by atoms with E-state index in [-0.39, 0.29) is 6.10 Å². The molecule has 0 heterocycles. The second-order valence-corrected chi connectivity index (χ2v) is 7.61. The fraction of sp³-hybridized carbons (Fsp3) is 0.667. The highest BCUT2D eigenvalue weighted by Crippen LogP contribution is 2.64. The highest BCUT2D eigenvalue weighted by molar-refractivity contribution is 5.17. The number of fused-ring (bicyclic) bond motifs is 2. The van der Waals surface area contributed by atoms with Crippen LogP contribution in [0.15, 0.2) is 30.3 Å². The van der Waals surface area contributed by atoms with Gasteiger partial charge in [0.15, 0.2) is 0 Å². The average Bonchev–Trinajstić information content (AvgIpc) is 2.78. The second kappa shape index (κ2) is 4.85. The number of benzene rings is 1. The van der Waals surface area contributed by atoms with Crippen molar-refractivity contribution in [3.63, 3.8) is 0 Å². The molecule has 0 saturated heterocycles. The van der Waals surface area contributed by atoms with Gasteiger partial charge in [-0.1, -0.05) is 51.1 Å². The molecule has 20 heavy (non-hydrogen) atoms. The molecule has 2 heteroatoms. The Bertz CT molecular complexity index is 470. The van der Waals surface area contributed by atoms with Gasteiger partial charge in [-0.3, -0.25) is 0 Å². The van der Waals surface area contributed by atoms with E-state index in [1.54, 1.807) is 0 Å². The Morgan fingerprint density at radius 2 is 1.95 bits per heavy atom. The number of aliphatic hydroxyl groups is 1. The SMILES string of the molecule is CC1(C)[C@H]2CC[C@@]1(C)[C@@H]([NH2+]C[C@@H](O)c1ccccc1)C2. The maximum Gasteiger partial charge on any atom is 0.128 e. The number of nitrogens with two attached hydrogens (primary N) is 1. The van der Waals surface area contributed by atoms with Crippen LogP contribution in [0.5, 0.6) is 0 Å². The van der Waals surface area contributed by atoms with Gasteiger partial charge in [-0.15, -0.1) is 0 Å². The molecule has 4 atom stereocenters. The Morgan fingerprint density at radius 1 is 1.25 bits per heavy atom. The summed E-state index contributed by atoms with van der Waals surface area (Å²) in [6.07, 6.45) is 3.73. The smallest absolute Gasteiger partial charge is 0.128 e. The molecule has 1 aromatic rings. The minimum absolute atomic E-state index is 0.345. The van der Waals surface area contributed by atoms with E-state index in [0.717, 1.165) is 18.0 Å². The predicted molar refractivity (Wildman–Crippen MR) is 81.2 cm³/mol. The molecule has 0 aromatic heterocycles. The van der Waals surface area contributed by atoms with Crippen molar-refractivity contribution in [2.45, 2.75) is 52.2 Å². The molecule has 0 spiro atoms. The maximum absolute atomic E-state index is 10.3. The van der Waals surface area contributed by atoms with E-state index in [2.05, 4.69) is 26.1 Å². The van der Waals surface area contributed by atoms with Crippen molar-refractivity contribution in [1.82, 2.24) is 0 Å². The highest BCUT2D eigenvalue weighted by Gasteiger charge is 2.63. The number of rotatable bonds is 4. The van der Waals surface area contributed by atoms with Crippen LogP contribution in [0.25, 0.3) is 0 Å². The molecular weight excluding hydrogens is 246 g/mol. The Hall–Kier alpha value is -0.860. The molecule has 110 valence electrons. The van der Waals surface area contributed by atoms with Crippen molar-refractivity contribution in [2.24, 2.45) is 16.7 Å². The molecule has 2 nitrogen and oxygen atoms in total. The second-order valence-electron chi connectivity index (χ2n) is 7.61. The molecule has 2 aliphatic carbocycles. The van der Waals surface area contributed by atoms with Crippen LogP contribution in [-0.2, 0) is 0 Å². The first kappa shape index (κ1) is 14.1. The van der Waals surface area contributed by atoms with Crippen molar-refractivity contribution < 1.29 is 10.4 Å². The lowest BCUT2D eigenvalue weighted by molar-refractivity contribution is -0.708. The third-order valence-corrected chi connectivity index (χ3v) is 6.69. The van der Waals surface area contributed by atoms with E-state index >= 15 is 0 Å². The monoisotopic (exact) mass is 274 g/mol. The van der Waals surface area contributed by atoms with Gasteiger partial charge in [0.1, 0.15) is 12.6 Å². The van der Waals surface area contributed by atoms with Gasteiger partial charge in [-0.2, -0.15) is 0 Å². The van der Waals surface area contributed by atoms with E-state index in [1.165, 1.54) is 19.3 Å². The quantitative estimate of drug-likeness (QED) is 0.869. The zero-order chi connectivity index (χ0) is 14.4. The van der Waals surface area contributed by atoms with E-state index < -0.39 is 0 Å². The fourth-order valence-corrected chi connectivity index (χ4v) is 4.73. The molecular formula is C18H28NO+. The van der Waals surface area contributed by atoms with Crippen molar-refractivity contribution in [3.05, 3.63) is 35.9 Å². The molecule has 2 bridgehead atoms. The first-order chi connectivity index (χ1) is 9.45.